The highest BCUT2D eigenvalue weighted by atomic mass is 35.5. The van der Waals surface area contributed by atoms with E-state index in [0.717, 1.165) is 11.1 Å². The molecule has 2 atom stereocenters. The van der Waals surface area contributed by atoms with E-state index in [4.69, 9.17) is 27.2 Å². The molecule has 1 aromatic heterocycles. The first kappa shape index (κ1) is 20.2. The molecule has 24 heavy (non-hydrogen) atoms. The van der Waals surface area contributed by atoms with E-state index in [9.17, 15) is 4.79 Å². The monoisotopic (exact) mass is 370 g/mol. The van der Waals surface area contributed by atoms with E-state index in [1.807, 2.05) is 19.1 Å². The Balaban J connectivity index is 0.00000288. The molecule has 0 bridgehead atoms. The minimum atomic E-state index is -0.886. The maximum absolute atomic E-state index is 10.9. The third-order valence-corrected chi connectivity index (χ3v) is 3.92. The van der Waals surface area contributed by atoms with E-state index in [2.05, 4.69) is 4.98 Å². The number of halogens is 2. The zero-order chi connectivity index (χ0) is 16.8. The predicted molar refractivity (Wildman–Crippen MR) is 96.0 cm³/mol. The standard InChI is InChI=1S/C17H19ClN2O3.ClH/c1-11(12-4-6-20-7-5-12)23-16-8-13(2-3-15(16)18)14(10-19)9-17(21)22;/h2-8,11,14H,9-10,19H2,1H3,(H,21,22);1H/t11?,14-;/m0./s1. The Hall–Kier alpha value is -1.82. The number of pyridine rings is 1. The Morgan fingerprint density at radius 3 is 2.54 bits per heavy atom. The quantitative estimate of drug-likeness (QED) is 0.773. The van der Waals surface area contributed by atoms with Crippen LogP contribution in [0.25, 0.3) is 0 Å². The zero-order valence-electron chi connectivity index (χ0n) is 13.2. The summed E-state index contributed by atoms with van der Waals surface area (Å²) in [6.07, 6.45) is 3.16. The molecule has 0 spiro atoms. The summed E-state index contributed by atoms with van der Waals surface area (Å²) in [5, 5.41) is 9.45. The van der Waals surface area contributed by atoms with Crippen LogP contribution < -0.4 is 10.5 Å². The number of hydrogen-bond acceptors (Lipinski definition) is 4. The smallest absolute Gasteiger partial charge is 0.304 e. The number of aromatic nitrogens is 1. The molecule has 130 valence electrons. The van der Waals surface area contributed by atoms with Crippen LogP contribution in [0.3, 0.4) is 0 Å². The molecular formula is C17H20Cl2N2O3. The van der Waals surface area contributed by atoms with Crippen molar-refractivity contribution in [1.29, 1.82) is 0 Å². The fraction of sp³-hybridized carbons (Fsp3) is 0.294. The van der Waals surface area contributed by atoms with Crippen molar-refractivity contribution < 1.29 is 14.6 Å². The van der Waals surface area contributed by atoms with Crippen LogP contribution in [0.15, 0.2) is 42.7 Å². The van der Waals surface area contributed by atoms with Crippen LogP contribution in [-0.2, 0) is 4.79 Å². The van der Waals surface area contributed by atoms with Gasteiger partial charge in [0.05, 0.1) is 11.4 Å². The second-order valence-electron chi connectivity index (χ2n) is 5.26. The van der Waals surface area contributed by atoms with Crippen molar-refractivity contribution in [2.24, 2.45) is 5.73 Å². The molecule has 2 rings (SSSR count). The third kappa shape index (κ3) is 5.37. The lowest BCUT2D eigenvalue weighted by Gasteiger charge is -2.19. The van der Waals surface area contributed by atoms with Crippen molar-refractivity contribution in [2.45, 2.75) is 25.4 Å². The molecule has 1 unspecified atom stereocenters. The molecule has 3 N–H and O–H groups in total. The molecule has 0 aliphatic rings. The first-order valence-electron chi connectivity index (χ1n) is 7.29. The second-order valence-corrected chi connectivity index (χ2v) is 5.67. The molecule has 1 heterocycles. The van der Waals surface area contributed by atoms with Crippen molar-refractivity contribution in [1.82, 2.24) is 4.98 Å². The van der Waals surface area contributed by atoms with Gasteiger partial charge in [-0.15, -0.1) is 12.4 Å². The maximum atomic E-state index is 10.9. The Morgan fingerprint density at radius 2 is 1.96 bits per heavy atom. The fourth-order valence-electron chi connectivity index (χ4n) is 2.31. The van der Waals surface area contributed by atoms with E-state index in [0.29, 0.717) is 10.8 Å². The van der Waals surface area contributed by atoms with Gasteiger partial charge in [0.15, 0.2) is 0 Å². The molecule has 0 fully saturated rings. The highest BCUT2D eigenvalue weighted by Gasteiger charge is 2.17. The van der Waals surface area contributed by atoms with Gasteiger partial charge in [-0.25, -0.2) is 0 Å². The Morgan fingerprint density at radius 1 is 1.29 bits per heavy atom. The van der Waals surface area contributed by atoms with Crippen LogP contribution in [0, 0.1) is 0 Å². The summed E-state index contributed by atoms with van der Waals surface area (Å²) in [5.74, 6) is -0.649. The number of carboxylic acid groups (broad SMARTS) is 1. The summed E-state index contributed by atoms with van der Waals surface area (Å²) in [5.41, 5.74) is 7.47. The Kier molecular flexibility index (Phi) is 7.98. The molecule has 0 aliphatic carbocycles. The molecule has 0 amide bonds. The number of carbonyl (C=O) groups is 1. The van der Waals surface area contributed by atoms with Crippen molar-refractivity contribution in [3.8, 4) is 5.75 Å². The number of benzene rings is 1. The summed E-state index contributed by atoms with van der Waals surface area (Å²) in [6.45, 7) is 2.16. The van der Waals surface area contributed by atoms with Gasteiger partial charge in [-0.1, -0.05) is 17.7 Å². The van der Waals surface area contributed by atoms with Gasteiger partial charge >= 0.3 is 5.97 Å². The number of rotatable bonds is 7. The summed E-state index contributed by atoms with van der Waals surface area (Å²) >= 11 is 6.20. The van der Waals surface area contributed by atoms with E-state index in [1.54, 1.807) is 30.6 Å². The Labute approximate surface area is 152 Å². The predicted octanol–water partition coefficient (Wildman–Crippen LogP) is 3.81. The summed E-state index contributed by atoms with van der Waals surface area (Å²) < 4.78 is 5.92. The average molecular weight is 371 g/mol. The van der Waals surface area contributed by atoms with E-state index < -0.39 is 5.97 Å². The lowest BCUT2D eigenvalue weighted by atomic mass is 9.96. The molecule has 7 heteroatoms. The fourth-order valence-corrected chi connectivity index (χ4v) is 2.47. The van der Waals surface area contributed by atoms with Crippen LogP contribution >= 0.6 is 24.0 Å². The van der Waals surface area contributed by atoms with Crippen LogP contribution in [0.5, 0.6) is 5.75 Å². The number of nitrogens with zero attached hydrogens (tertiary/aromatic N) is 1. The second kappa shape index (κ2) is 9.47. The number of ether oxygens (including phenoxy) is 1. The molecule has 5 nitrogen and oxygen atoms in total. The highest BCUT2D eigenvalue weighted by molar-refractivity contribution is 6.32. The third-order valence-electron chi connectivity index (χ3n) is 3.61. The van der Waals surface area contributed by atoms with Crippen LogP contribution in [0.2, 0.25) is 5.02 Å². The molecule has 1 aromatic carbocycles. The van der Waals surface area contributed by atoms with Crippen LogP contribution in [0.1, 0.15) is 36.5 Å². The van der Waals surface area contributed by atoms with E-state index >= 15 is 0 Å². The largest absolute Gasteiger partial charge is 0.484 e. The molecule has 2 aromatic rings. The van der Waals surface area contributed by atoms with Gasteiger partial charge in [0, 0.05) is 18.3 Å². The van der Waals surface area contributed by atoms with Gasteiger partial charge in [-0.2, -0.15) is 0 Å². The first-order valence-corrected chi connectivity index (χ1v) is 7.67. The number of nitrogens with two attached hydrogens (primary N) is 1. The highest BCUT2D eigenvalue weighted by Crippen LogP contribution is 2.32. The Bertz CT molecular complexity index is 668. The lowest BCUT2D eigenvalue weighted by Crippen LogP contribution is -2.16. The summed E-state index contributed by atoms with van der Waals surface area (Å²) in [6, 6.07) is 8.99. The van der Waals surface area contributed by atoms with Crippen molar-refractivity contribution in [3.05, 3.63) is 58.9 Å². The van der Waals surface area contributed by atoms with Gasteiger partial charge in [-0.3, -0.25) is 9.78 Å². The maximum Gasteiger partial charge on any atom is 0.304 e. The minimum Gasteiger partial charge on any atom is -0.484 e. The van der Waals surface area contributed by atoms with Gasteiger partial charge in [0.25, 0.3) is 0 Å². The number of carboxylic acids is 1. The lowest BCUT2D eigenvalue weighted by molar-refractivity contribution is -0.137. The number of aliphatic carboxylic acids is 1. The number of hydrogen-bond donors (Lipinski definition) is 2. The summed E-state index contributed by atoms with van der Waals surface area (Å²) in [4.78, 5) is 14.9. The SMILES string of the molecule is CC(Oc1cc([C@H](CN)CC(=O)O)ccc1Cl)c1ccncc1.Cl. The normalized spacial score (nSPS) is 12.8. The molecular weight excluding hydrogens is 351 g/mol. The van der Waals surface area contributed by atoms with Crippen LogP contribution in [0.4, 0.5) is 0 Å². The van der Waals surface area contributed by atoms with Gasteiger partial charge in [0.2, 0.25) is 0 Å². The van der Waals surface area contributed by atoms with E-state index in [1.165, 1.54) is 0 Å². The van der Waals surface area contributed by atoms with E-state index in [-0.39, 0.29) is 37.4 Å². The van der Waals surface area contributed by atoms with Crippen LogP contribution in [-0.4, -0.2) is 22.6 Å². The van der Waals surface area contributed by atoms with Crippen molar-refractivity contribution >= 4 is 30.0 Å². The molecule has 0 saturated carbocycles. The van der Waals surface area contributed by atoms with Gasteiger partial charge in [0.1, 0.15) is 11.9 Å². The summed E-state index contributed by atoms with van der Waals surface area (Å²) in [7, 11) is 0. The van der Waals surface area contributed by atoms with Crippen molar-refractivity contribution in [3.63, 3.8) is 0 Å². The molecule has 0 radical (unpaired) electrons. The first-order chi connectivity index (χ1) is 11.0. The molecule has 0 saturated heterocycles. The zero-order valence-corrected chi connectivity index (χ0v) is 14.8. The minimum absolute atomic E-state index is 0. The van der Waals surface area contributed by atoms with Crippen molar-refractivity contribution in [2.75, 3.05) is 6.54 Å². The van der Waals surface area contributed by atoms with Gasteiger partial charge < -0.3 is 15.6 Å². The molecule has 0 aliphatic heterocycles. The average Bonchev–Trinajstić information content (AvgIpc) is 2.55. The van der Waals surface area contributed by atoms with Gasteiger partial charge in [-0.05, 0) is 48.9 Å². The topological polar surface area (TPSA) is 85.4 Å².